The third-order valence-corrected chi connectivity index (χ3v) is 2.27. The summed E-state index contributed by atoms with van der Waals surface area (Å²) in [4.78, 5) is 0. The summed E-state index contributed by atoms with van der Waals surface area (Å²) >= 11 is 6.56. The predicted octanol–water partition coefficient (Wildman–Crippen LogP) is 1.73. The van der Waals surface area contributed by atoms with Crippen molar-refractivity contribution in [2.24, 2.45) is 5.10 Å². The highest BCUT2D eigenvalue weighted by atomic mass is 32.1. The molecule has 0 radical (unpaired) electrons. The zero-order chi connectivity index (χ0) is 10.2. The minimum absolute atomic E-state index is 0.497. The highest BCUT2D eigenvalue weighted by Crippen LogP contribution is 2.01. The van der Waals surface area contributed by atoms with Gasteiger partial charge < -0.3 is 5.32 Å². The maximum atomic E-state index is 4.93. The van der Waals surface area contributed by atoms with E-state index in [9.17, 15) is 0 Å². The Morgan fingerprint density at radius 3 is 3.21 bits per heavy atom. The number of nitrogens with one attached hydrogen (secondary N) is 2. The monoisotopic (exact) mass is 225 g/mol. The van der Waals surface area contributed by atoms with Crippen molar-refractivity contribution in [1.82, 2.24) is 10.7 Å². The van der Waals surface area contributed by atoms with Gasteiger partial charge in [0.05, 0.1) is 6.21 Å². The van der Waals surface area contributed by atoms with Crippen LogP contribution in [-0.2, 0) is 0 Å². The first-order valence-corrected chi connectivity index (χ1v) is 5.38. The molecule has 0 saturated carbocycles. The Morgan fingerprint density at radius 1 is 1.71 bits per heavy atom. The average molecular weight is 225 g/mol. The second kappa shape index (κ2) is 6.28. The lowest BCUT2D eigenvalue weighted by molar-refractivity contribution is 0.942. The maximum absolute atomic E-state index is 4.93. The van der Waals surface area contributed by atoms with Crippen molar-refractivity contribution in [3.05, 3.63) is 35.0 Å². The molecule has 2 N–H and O–H groups in total. The normalized spacial score (nSPS) is 10.0. The summed E-state index contributed by atoms with van der Waals surface area (Å²) in [6.45, 7) is 4.21. The third kappa shape index (κ3) is 4.15. The SMILES string of the molecule is C=CCNC(=S)N/N=C/c1ccsc1. The molecule has 0 aromatic carbocycles. The molecule has 3 nitrogen and oxygen atoms in total. The number of thiocarbonyl (C=S) groups is 1. The van der Waals surface area contributed by atoms with E-state index in [1.54, 1.807) is 23.6 Å². The summed E-state index contributed by atoms with van der Waals surface area (Å²) in [5.74, 6) is 0. The zero-order valence-electron chi connectivity index (χ0n) is 7.56. The van der Waals surface area contributed by atoms with Crippen LogP contribution in [0.3, 0.4) is 0 Å². The van der Waals surface area contributed by atoms with E-state index >= 15 is 0 Å². The van der Waals surface area contributed by atoms with Crippen molar-refractivity contribution < 1.29 is 0 Å². The summed E-state index contributed by atoms with van der Waals surface area (Å²) < 4.78 is 0. The molecule has 1 heterocycles. The lowest BCUT2D eigenvalue weighted by atomic mass is 10.4. The molecule has 0 aliphatic rings. The molecule has 0 atom stereocenters. The van der Waals surface area contributed by atoms with Crippen LogP contribution in [0.25, 0.3) is 0 Å². The molecule has 0 saturated heterocycles. The van der Waals surface area contributed by atoms with Gasteiger partial charge in [0.1, 0.15) is 0 Å². The molecule has 1 aromatic rings. The summed E-state index contributed by atoms with van der Waals surface area (Å²) in [5.41, 5.74) is 3.77. The van der Waals surface area contributed by atoms with Crippen molar-refractivity contribution in [2.75, 3.05) is 6.54 Å². The van der Waals surface area contributed by atoms with Gasteiger partial charge in [-0.25, -0.2) is 0 Å². The van der Waals surface area contributed by atoms with E-state index in [-0.39, 0.29) is 0 Å². The van der Waals surface area contributed by atoms with Crippen LogP contribution in [0.4, 0.5) is 0 Å². The highest BCUT2D eigenvalue weighted by Gasteiger charge is 1.89. The van der Waals surface area contributed by atoms with Crippen LogP contribution in [0.15, 0.2) is 34.6 Å². The van der Waals surface area contributed by atoms with Crippen LogP contribution in [0.5, 0.6) is 0 Å². The van der Waals surface area contributed by atoms with Crippen molar-refractivity contribution in [3.63, 3.8) is 0 Å². The first-order valence-electron chi connectivity index (χ1n) is 4.03. The topological polar surface area (TPSA) is 36.4 Å². The quantitative estimate of drug-likeness (QED) is 0.355. The van der Waals surface area contributed by atoms with Gasteiger partial charge in [0.15, 0.2) is 5.11 Å². The van der Waals surface area contributed by atoms with Crippen molar-refractivity contribution in [2.45, 2.75) is 0 Å². The number of hydrazone groups is 1. The van der Waals surface area contributed by atoms with E-state index < -0.39 is 0 Å². The molecule has 0 amide bonds. The van der Waals surface area contributed by atoms with Gasteiger partial charge in [-0.3, -0.25) is 5.43 Å². The Bertz CT molecular complexity index is 317. The molecule has 0 fully saturated rings. The molecule has 0 aliphatic carbocycles. The van der Waals surface area contributed by atoms with E-state index in [4.69, 9.17) is 12.2 Å². The molecular weight excluding hydrogens is 214 g/mol. The summed E-state index contributed by atoms with van der Waals surface area (Å²) in [6, 6.07) is 1.98. The average Bonchev–Trinajstić information content (AvgIpc) is 2.67. The largest absolute Gasteiger partial charge is 0.358 e. The Kier molecular flexibility index (Phi) is 4.88. The molecule has 0 aliphatic heterocycles. The minimum atomic E-state index is 0.497. The lowest BCUT2D eigenvalue weighted by Crippen LogP contribution is -2.31. The van der Waals surface area contributed by atoms with Gasteiger partial charge in [-0.2, -0.15) is 16.4 Å². The van der Waals surface area contributed by atoms with Crippen LogP contribution in [-0.4, -0.2) is 17.9 Å². The molecular formula is C9H11N3S2. The number of hydrogen-bond acceptors (Lipinski definition) is 3. The molecule has 5 heteroatoms. The van der Waals surface area contributed by atoms with Crippen LogP contribution in [0, 0.1) is 0 Å². The smallest absolute Gasteiger partial charge is 0.187 e. The first kappa shape index (κ1) is 10.9. The van der Waals surface area contributed by atoms with E-state index in [1.165, 1.54) is 0 Å². The minimum Gasteiger partial charge on any atom is -0.358 e. The Labute approximate surface area is 92.5 Å². The molecule has 1 rings (SSSR count). The molecule has 0 unspecified atom stereocenters. The molecule has 74 valence electrons. The maximum Gasteiger partial charge on any atom is 0.187 e. The second-order valence-electron chi connectivity index (χ2n) is 2.43. The first-order chi connectivity index (χ1) is 6.83. The molecule has 0 bridgehead atoms. The van der Waals surface area contributed by atoms with Gasteiger partial charge in [-0.05, 0) is 29.0 Å². The van der Waals surface area contributed by atoms with Gasteiger partial charge in [-0.1, -0.05) is 6.08 Å². The number of nitrogens with zero attached hydrogens (tertiary/aromatic N) is 1. The lowest BCUT2D eigenvalue weighted by Gasteiger charge is -2.02. The van der Waals surface area contributed by atoms with Gasteiger partial charge in [0, 0.05) is 12.1 Å². The van der Waals surface area contributed by atoms with Gasteiger partial charge in [-0.15, -0.1) is 6.58 Å². The van der Waals surface area contributed by atoms with Crippen molar-refractivity contribution in [3.8, 4) is 0 Å². The fraction of sp³-hybridized carbons (Fsp3) is 0.111. The number of rotatable bonds is 4. The highest BCUT2D eigenvalue weighted by molar-refractivity contribution is 7.80. The summed E-state index contributed by atoms with van der Waals surface area (Å²) in [7, 11) is 0. The Balaban J connectivity index is 2.26. The zero-order valence-corrected chi connectivity index (χ0v) is 9.20. The number of hydrogen-bond donors (Lipinski definition) is 2. The Hall–Kier alpha value is -1.20. The standard InChI is InChI=1S/C9H11N3S2/c1-2-4-10-9(13)12-11-6-8-3-5-14-7-8/h2-3,5-7H,1,4H2,(H2,10,12,13)/b11-6+. The van der Waals surface area contributed by atoms with E-state index in [0.29, 0.717) is 11.7 Å². The van der Waals surface area contributed by atoms with Crippen LogP contribution in [0.1, 0.15) is 5.56 Å². The molecule has 14 heavy (non-hydrogen) atoms. The fourth-order valence-corrected chi connectivity index (χ4v) is 1.47. The third-order valence-electron chi connectivity index (χ3n) is 1.33. The van der Waals surface area contributed by atoms with Crippen LogP contribution in [0.2, 0.25) is 0 Å². The van der Waals surface area contributed by atoms with Crippen LogP contribution < -0.4 is 10.7 Å². The predicted molar refractivity (Wildman–Crippen MR) is 65.8 cm³/mol. The van der Waals surface area contributed by atoms with E-state index in [2.05, 4.69) is 22.4 Å². The Morgan fingerprint density at radius 2 is 2.57 bits per heavy atom. The van der Waals surface area contributed by atoms with E-state index in [0.717, 1.165) is 5.56 Å². The van der Waals surface area contributed by atoms with Gasteiger partial charge in [0.25, 0.3) is 0 Å². The van der Waals surface area contributed by atoms with Crippen molar-refractivity contribution in [1.29, 1.82) is 0 Å². The molecule has 1 aromatic heterocycles. The number of thiophene rings is 1. The second-order valence-corrected chi connectivity index (χ2v) is 3.61. The fourth-order valence-electron chi connectivity index (χ4n) is 0.718. The van der Waals surface area contributed by atoms with Crippen molar-refractivity contribution >= 4 is 34.9 Å². The van der Waals surface area contributed by atoms with Crippen LogP contribution >= 0.6 is 23.6 Å². The summed E-state index contributed by atoms with van der Waals surface area (Å²) in [5, 5.41) is 11.4. The summed E-state index contributed by atoms with van der Waals surface area (Å²) in [6.07, 6.45) is 3.45. The molecule has 0 spiro atoms. The van der Waals surface area contributed by atoms with E-state index in [1.807, 2.05) is 16.8 Å². The van der Waals surface area contributed by atoms with Gasteiger partial charge in [0.2, 0.25) is 0 Å². The van der Waals surface area contributed by atoms with Gasteiger partial charge >= 0.3 is 0 Å².